The number of ether oxygens (including phenoxy) is 1. The predicted molar refractivity (Wildman–Crippen MR) is 106 cm³/mol. The quantitative estimate of drug-likeness (QED) is 0.677. The molecule has 3 rings (SSSR count). The standard InChI is InChI=1S/C18H28N6O3S/c1-4-24-21-17(20-22-24)15-5-7-16(8-6-15)27-14-10-18(2,3)9-12-23-13-11-19-28(23,25)26/h5-8,19H,4,9-14H2,1-3H3. The van der Waals surface area contributed by atoms with Gasteiger partial charge in [-0.3, -0.25) is 0 Å². The average Bonchev–Trinajstić information content (AvgIpc) is 3.26. The Hall–Kier alpha value is -2.04. The van der Waals surface area contributed by atoms with Crippen LogP contribution >= 0.6 is 0 Å². The van der Waals surface area contributed by atoms with Crippen molar-refractivity contribution in [1.29, 1.82) is 0 Å². The lowest BCUT2D eigenvalue weighted by Gasteiger charge is -2.26. The summed E-state index contributed by atoms with van der Waals surface area (Å²) in [5.74, 6) is 1.38. The van der Waals surface area contributed by atoms with Gasteiger partial charge >= 0.3 is 0 Å². The van der Waals surface area contributed by atoms with E-state index in [4.69, 9.17) is 4.74 Å². The zero-order chi connectivity index (χ0) is 20.2. The summed E-state index contributed by atoms with van der Waals surface area (Å²) < 4.78 is 33.5. The minimum atomic E-state index is -3.26. The Morgan fingerprint density at radius 2 is 1.96 bits per heavy atom. The van der Waals surface area contributed by atoms with Gasteiger partial charge in [-0.1, -0.05) is 13.8 Å². The fourth-order valence-corrected chi connectivity index (χ4v) is 4.13. The smallest absolute Gasteiger partial charge is 0.279 e. The van der Waals surface area contributed by atoms with E-state index >= 15 is 0 Å². The second-order valence-corrected chi connectivity index (χ2v) is 9.39. The Labute approximate surface area is 166 Å². The molecule has 28 heavy (non-hydrogen) atoms. The van der Waals surface area contributed by atoms with Crippen LogP contribution in [0.1, 0.15) is 33.6 Å². The molecule has 10 heteroatoms. The van der Waals surface area contributed by atoms with Crippen molar-refractivity contribution in [3.63, 3.8) is 0 Å². The van der Waals surface area contributed by atoms with Crippen LogP contribution < -0.4 is 9.46 Å². The summed E-state index contributed by atoms with van der Waals surface area (Å²) in [6.45, 7) is 9.06. The van der Waals surface area contributed by atoms with Gasteiger partial charge in [0.25, 0.3) is 10.2 Å². The van der Waals surface area contributed by atoms with Gasteiger partial charge in [0.1, 0.15) is 5.75 Å². The predicted octanol–water partition coefficient (Wildman–Crippen LogP) is 1.70. The van der Waals surface area contributed by atoms with Gasteiger partial charge in [0.2, 0.25) is 5.82 Å². The van der Waals surface area contributed by atoms with E-state index in [0.29, 0.717) is 38.6 Å². The molecule has 1 aliphatic rings. The van der Waals surface area contributed by atoms with E-state index in [2.05, 4.69) is 34.0 Å². The highest BCUT2D eigenvalue weighted by Gasteiger charge is 2.29. The Kier molecular flexibility index (Phi) is 6.31. The molecule has 1 aliphatic heterocycles. The highest BCUT2D eigenvalue weighted by atomic mass is 32.2. The second-order valence-electron chi connectivity index (χ2n) is 7.64. The minimum Gasteiger partial charge on any atom is -0.494 e. The van der Waals surface area contributed by atoms with Crippen LogP contribution in [0.3, 0.4) is 0 Å². The molecule has 1 saturated heterocycles. The summed E-state index contributed by atoms with van der Waals surface area (Å²) in [5.41, 5.74) is 0.883. The van der Waals surface area contributed by atoms with Gasteiger partial charge in [-0.25, -0.2) is 4.72 Å². The Morgan fingerprint density at radius 1 is 1.21 bits per heavy atom. The number of aryl methyl sites for hydroxylation is 1. The van der Waals surface area contributed by atoms with E-state index in [1.165, 1.54) is 4.31 Å². The Morgan fingerprint density at radius 3 is 2.57 bits per heavy atom. The molecule has 1 aromatic carbocycles. The third-order valence-corrected chi connectivity index (χ3v) is 6.53. The summed E-state index contributed by atoms with van der Waals surface area (Å²) in [6.07, 6.45) is 1.62. The van der Waals surface area contributed by atoms with Crippen molar-refractivity contribution < 1.29 is 13.2 Å². The highest BCUT2D eigenvalue weighted by Crippen LogP contribution is 2.27. The number of hydrogen-bond acceptors (Lipinski definition) is 6. The molecule has 0 bridgehead atoms. The number of rotatable bonds is 9. The molecule has 2 aromatic rings. The van der Waals surface area contributed by atoms with Crippen molar-refractivity contribution in [2.24, 2.45) is 5.41 Å². The normalized spacial score (nSPS) is 17.1. The van der Waals surface area contributed by atoms with Gasteiger partial charge in [0.15, 0.2) is 0 Å². The van der Waals surface area contributed by atoms with Gasteiger partial charge in [-0.2, -0.15) is 17.5 Å². The van der Waals surface area contributed by atoms with Crippen LogP contribution in [0.2, 0.25) is 0 Å². The van der Waals surface area contributed by atoms with Gasteiger partial charge in [-0.15, -0.1) is 10.2 Å². The molecule has 9 nitrogen and oxygen atoms in total. The van der Waals surface area contributed by atoms with E-state index in [0.717, 1.165) is 24.2 Å². The maximum atomic E-state index is 11.8. The van der Waals surface area contributed by atoms with Crippen LogP contribution in [0.4, 0.5) is 0 Å². The van der Waals surface area contributed by atoms with Gasteiger partial charge in [-0.05, 0) is 54.7 Å². The van der Waals surface area contributed by atoms with Gasteiger partial charge in [0.05, 0.1) is 13.2 Å². The first-order valence-electron chi connectivity index (χ1n) is 9.55. The maximum absolute atomic E-state index is 11.8. The molecule has 2 heterocycles. The average molecular weight is 409 g/mol. The van der Waals surface area contributed by atoms with Gasteiger partial charge in [0, 0.05) is 25.2 Å². The molecule has 0 spiro atoms. The van der Waals surface area contributed by atoms with E-state index < -0.39 is 10.2 Å². The molecule has 154 valence electrons. The molecule has 1 fully saturated rings. The zero-order valence-electron chi connectivity index (χ0n) is 16.6. The van der Waals surface area contributed by atoms with Crippen molar-refractivity contribution in [3.8, 4) is 17.1 Å². The molecule has 0 unspecified atom stereocenters. The van der Waals surface area contributed by atoms with Crippen LogP contribution in [-0.4, -0.2) is 59.2 Å². The first-order chi connectivity index (χ1) is 13.3. The molecule has 0 saturated carbocycles. The van der Waals surface area contributed by atoms with Crippen molar-refractivity contribution in [3.05, 3.63) is 24.3 Å². The first-order valence-corrected chi connectivity index (χ1v) is 11.0. The lowest BCUT2D eigenvalue weighted by Crippen LogP contribution is -2.33. The topological polar surface area (TPSA) is 102 Å². The summed E-state index contributed by atoms with van der Waals surface area (Å²) in [4.78, 5) is 1.55. The minimum absolute atomic E-state index is 0.0133. The first kappa shape index (κ1) is 20.7. The monoisotopic (exact) mass is 408 g/mol. The van der Waals surface area contributed by atoms with Crippen LogP contribution in [0, 0.1) is 5.41 Å². The fourth-order valence-electron chi connectivity index (χ4n) is 2.93. The summed E-state index contributed by atoms with van der Waals surface area (Å²) >= 11 is 0. The SMILES string of the molecule is CCn1nnc(-c2ccc(OCCC(C)(C)CCN3CCNS3(=O)=O)cc2)n1. The number of hydrogen-bond donors (Lipinski definition) is 1. The fraction of sp³-hybridized carbons (Fsp3) is 0.611. The zero-order valence-corrected chi connectivity index (χ0v) is 17.4. The molecule has 0 aliphatic carbocycles. The van der Waals surface area contributed by atoms with E-state index in [1.807, 2.05) is 31.2 Å². The van der Waals surface area contributed by atoms with E-state index in [1.54, 1.807) is 4.80 Å². The van der Waals surface area contributed by atoms with Crippen LogP contribution in [0.15, 0.2) is 24.3 Å². The summed E-state index contributed by atoms with van der Waals surface area (Å²) in [5, 5.41) is 12.3. The summed E-state index contributed by atoms with van der Waals surface area (Å²) in [7, 11) is -3.26. The number of tetrazole rings is 1. The van der Waals surface area contributed by atoms with Crippen molar-refractivity contribution in [2.75, 3.05) is 26.2 Å². The molecule has 1 N–H and O–H groups in total. The third kappa shape index (κ3) is 5.27. The maximum Gasteiger partial charge on any atom is 0.279 e. The molecule has 0 amide bonds. The molecule has 1 aromatic heterocycles. The largest absolute Gasteiger partial charge is 0.494 e. The van der Waals surface area contributed by atoms with Crippen molar-refractivity contribution >= 4 is 10.2 Å². The highest BCUT2D eigenvalue weighted by molar-refractivity contribution is 7.87. The summed E-state index contributed by atoms with van der Waals surface area (Å²) in [6, 6.07) is 7.64. The molecular weight excluding hydrogens is 380 g/mol. The second kappa shape index (κ2) is 8.54. The Balaban J connectivity index is 1.46. The van der Waals surface area contributed by atoms with E-state index in [9.17, 15) is 8.42 Å². The van der Waals surface area contributed by atoms with E-state index in [-0.39, 0.29) is 5.41 Å². The number of benzene rings is 1. The molecular formula is C18H28N6O3S. The van der Waals surface area contributed by atoms with Crippen LogP contribution in [0.5, 0.6) is 5.75 Å². The lowest BCUT2D eigenvalue weighted by atomic mass is 9.86. The van der Waals surface area contributed by atoms with Crippen LogP contribution in [-0.2, 0) is 16.8 Å². The van der Waals surface area contributed by atoms with Crippen molar-refractivity contribution in [1.82, 2.24) is 29.2 Å². The van der Waals surface area contributed by atoms with Crippen LogP contribution in [0.25, 0.3) is 11.4 Å². The lowest BCUT2D eigenvalue weighted by molar-refractivity contribution is 0.207. The number of aromatic nitrogens is 4. The Bertz CT molecular complexity index is 879. The third-order valence-electron chi connectivity index (χ3n) is 4.92. The molecule has 0 radical (unpaired) electrons. The number of nitrogens with zero attached hydrogens (tertiary/aromatic N) is 5. The van der Waals surface area contributed by atoms with Gasteiger partial charge < -0.3 is 4.74 Å². The molecule has 0 atom stereocenters. The van der Waals surface area contributed by atoms with Crippen molar-refractivity contribution in [2.45, 2.75) is 40.2 Å². The number of nitrogens with one attached hydrogen (secondary N) is 1.